The van der Waals surface area contributed by atoms with Gasteiger partial charge in [0.25, 0.3) is 5.91 Å². The number of hydrogen-bond acceptors (Lipinski definition) is 5. The average molecular weight is 524 g/mol. The minimum absolute atomic E-state index is 0.103. The van der Waals surface area contributed by atoms with Crippen LogP contribution in [0.4, 0.5) is 4.39 Å². The van der Waals surface area contributed by atoms with Gasteiger partial charge in [0.1, 0.15) is 5.82 Å². The lowest BCUT2D eigenvalue weighted by atomic mass is 10.1. The van der Waals surface area contributed by atoms with Crippen molar-refractivity contribution in [3.05, 3.63) is 94.7 Å². The number of thioether (sulfide) groups is 1. The molecule has 4 rings (SSSR count). The number of hydrazone groups is 1. The van der Waals surface area contributed by atoms with Crippen molar-refractivity contribution in [1.82, 2.24) is 20.2 Å². The highest BCUT2D eigenvalue weighted by molar-refractivity contribution is 9.10. The van der Waals surface area contributed by atoms with Crippen LogP contribution >= 0.6 is 27.7 Å². The lowest BCUT2D eigenvalue weighted by molar-refractivity contribution is -0.118. The molecule has 3 aromatic carbocycles. The molecule has 0 spiro atoms. The molecule has 1 amide bonds. The summed E-state index contributed by atoms with van der Waals surface area (Å²) in [5, 5.41) is 13.4. The molecule has 1 aromatic heterocycles. The molecule has 9 heteroatoms. The van der Waals surface area contributed by atoms with Crippen LogP contribution in [0, 0.1) is 5.82 Å². The summed E-state index contributed by atoms with van der Waals surface area (Å²) in [5.41, 5.74) is 5.66. The molecule has 0 bridgehead atoms. The first-order chi connectivity index (χ1) is 16.0. The van der Waals surface area contributed by atoms with E-state index in [0.29, 0.717) is 16.7 Å². The van der Waals surface area contributed by atoms with Crippen LogP contribution in [0.2, 0.25) is 0 Å². The number of aromatic nitrogens is 3. The van der Waals surface area contributed by atoms with E-state index in [9.17, 15) is 9.18 Å². The van der Waals surface area contributed by atoms with E-state index >= 15 is 0 Å². The first-order valence-corrected chi connectivity index (χ1v) is 11.8. The van der Waals surface area contributed by atoms with Crippen LogP contribution in [-0.2, 0) is 4.79 Å². The lowest BCUT2D eigenvalue weighted by Crippen LogP contribution is -2.21. The number of halogens is 2. The van der Waals surface area contributed by atoms with Crippen LogP contribution in [0.5, 0.6) is 0 Å². The Kier molecular flexibility index (Phi) is 7.31. The van der Waals surface area contributed by atoms with Crippen LogP contribution < -0.4 is 5.43 Å². The Balaban J connectivity index is 1.51. The SMILES string of the molecule is CC(=NNC(=O)CSc1nnc(-c2ccc(Br)cc2)n1-c1ccccc1)c1ccc(F)cc1. The summed E-state index contributed by atoms with van der Waals surface area (Å²) in [6, 6.07) is 23.5. The highest BCUT2D eigenvalue weighted by Crippen LogP contribution is 2.28. The van der Waals surface area contributed by atoms with Crippen molar-refractivity contribution < 1.29 is 9.18 Å². The van der Waals surface area contributed by atoms with Gasteiger partial charge in [-0.05, 0) is 48.9 Å². The van der Waals surface area contributed by atoms with E-state index in [4.69, 9.17) is 0 Å². The van der Waals surface area contributed by atoms with Gasteiger partial charge in [0, 0.05) is 15.7 Å². The number of hydrogen-bond donors (Lipinski definition) is 1. The maximum atomic E-state index is 13.1. The third-order valence-electron chi connectivity index (χ3n) is 4.69. The van der Waals surface area contributed by atoms with Gasteiger partial charge in [-0.2, -0.15) is 5.10 Å². The Labute approximate surface area is 203 Å². The van der Waals surface area contributed by atoms with Gasteiger partial charge in [0.2, 0.25) is 0 Å². The van der Waals surface area contributed by atoms with Gasteiger partial charge in [-0.1, -0.05) is 70.2 Å². The maximum Gasteiger partial charge on any atom is 0.250 e. The van der Waals surface area contributed by atoms with E-state index in [0.717, 1.165) is 21.3 Å². The van der Waals surface area contributed by atoms with Crippen LogP contribution in [0.1, 0.15) is 12.5 Å². The number of benzene rings is 3. The molecule has 0 fully saturated rings. The van der Waals surface area contributed by atoms with Crippen LogP contribution in [0.3, 0.4) is 0 Å². The third-order valence-corrected chi connectivity index (χ3v) is 6.15. The Morgan fingerprint density at radius 2 is 1.73 bits per heavy atom. The van der Waals surface area contributed by atoms with E-state index < -0.39 is 0 Å². The van der Waals surface area contributed by atoms with Crippen LogP contribution in [0.15, 0.2) is 93.6 Å². The lowest BCUT2D eigenvalue weighted by Gasteiger charge is -2.10. The molecule has 6 nitrogen and oxygen atoms in total. The zero-order valence-corrected chi connectivity index (χ0v) is 20.0. The summed E-state index contributed by atoms with van der Waals surface area (Å²) >= 11 is 4.72. The van der Waals surface area contributed by atoms with Crippen molar-refractivity contribution >= 4 is 39.3 Å². The third kappa shape index (κ3) is 5.74. The predicted octanol–water partition coefficient (Wildman–Crippen LogP) is 5.47. The zero-order chi connectivity index (χ0) is 23.2. The fraction of sp³-hybridized carbons (Fsp3) is 0.0833. The molecule has 0 aliphatic rings. The molecule has 1 N–H and O–H groups in total. The number of nitrogens with one attached hydrogen (secondary N) is 1. The van der Waals surface area contributed by atoms with E-state index in [1.165, 1.54) is 23.9 Å². The molecule has 33 heavy (non-hydrogen) atoms. The number of nitrogens with zero attached hydrogens (tertiary/aromatic N) is 4. The van der Waals surface area contributed by atoms with Gasteiger partial charge in [0.05, 0.1) is 11.5 Å². The van der Waals surface area contributed by atoms with Crippen molar-refractivity contribution in [3.8, 4) is 17.1 Å². The van der Waals surface area contributed by atoms with Gasteiger partial charge >= 0.3 is 0 Å². The summed E-state index contributed by atoms with van der Waals surface area (Å²) in [6.07, 6.45) is 0. The first kappa shape index (κ1) is 22.9. The average Bonchev–Trinajstić information content (AvgIpc) is 3.26. The number of amides is 1. The molecular formula is C24H19BrFN5OS. The van der Waals surface area contributed by atoms with Gasteiger partial charge in [-0.25, -0.2) is 9.82 Å². The molecule has 0 saturated carbocycles. The quantitative estimate of drug-likeness (QED) is 0.198. The molecule has 0 aliphatic carbocycles. The largest absolute Gasteiger partial charge is 0.272 e. The van der Waals surface area contributed by atoms with Crippen molar-refractivity contribution in [2.24, 2.45) is 5.10 Å². The number of rotatable bonds is 7. The number of carbonyl (C=O) groups is 1. The number of para-hydroxylation sites is 1. The first-order valence-electron chi connectivity index (χ1n) is 10.00. The zero-order valence-electron chi connectivity index (χ0n) is 17.6. The predicted molar refractivity (Wildman–Crippen MR) is 132 cm³/mol. The summed E-state index contributed by atoms with van der Waals surface area (Å²) < 4.78 is 16.0. The van der Waals surface area contributed by atoms with E-state index in [2.05, 4.69) is 36.7 Å². The molecule has 4 aromatic rings. The standard InChI is InChI=1S/C24H19BrFN5OS/c1-16(17-9-13-20(26)14-10-17)27-28-22(32)15-33-24-30-29-23(18-7-11-19(25)12-8-18)31(24)21-5-3-2-4-6-21/h2-14H,15H2,1H3,(H,28,32). The van der Waals surface area contributed by atoms with Crippen molar-refractivity contribution in [1.29, 1.82) is 0 Å². The van der Waals surface area contributed by atoms with Crippen molar-refractivity contribution in [2.75, 3.05) is 5.75 Å². The molecular weight excluding hydrogens is 505 g/mol. The smallest absolute Gasteiger partial charge is 0.250 e. The second-order valence-corrected chi connectivity index (χ2v) is 8.87. The topological polar surface area (TPSA) is 72.2 Å². The van der Waals surface area contributed by atoms with Gasteiger partial charge in [0.15, 0.2) is 11.0 Å². The van der Waals surface area contributed by atoms with E-state index in [1.807, 2.05) is 59.2 Å². The fourth-order valence-electron chi connectivity index (χ4n) is 3.02. The van der Waals surface area contributed by atoms with Gasteiger partial charge in [-0.15, -0.1) is 10.2 Å². The highest BCUT2D eigenvalue weighted by Gasteiger charge is 2.17. The van der Waals surface area contributed by atoms with Crippen molar-refractivity contribution in [3.63, 3.8) is 0 Å². The Bertz CT molecular complexity index is 1270. The molecule has 166 valence electrons. The van der Waals surface area contributed by atoms with Crippen molar-refractivity contribution in [2.45, 2.75) is 12.1 Å². The molecule has 0 atom stereocenters. The molecule has 0 radical (unpaired) electrons. The van der Waals surface area contributed by atoms with Gasteiger partial charge < -0.3 is 0 Å². The second kappa shape index (κ2) is 10.5. The normalized spacial score (nSPS) is 11.4. The van der Waals surface area contributed by atoms with Crippen LogP contribution in [0.25, 0.3) is 17.1 Å². The van der Waals surface area contributed by atoms with E-state index in [1.54, 1.807) is 19.1 Å². The Morgan fingerprint density at radius 1 is 1.03 bits per heavy atom. The molecule has 0 aliphatic heterocycles. The molecule has 0 saturated heterocycles. The summed E-state index contributed by atoms with van der Waals surface area (Å²) in [5.74, 6) is 0.180. The molecule has 1 heterocycles. The fourth-order valence-corrected chi connectivity index (χ4v) is 4.03. The minimum Gasteiger partial charge on any atom is -0.272 e. The summed E-state index contributed by atoms with van der Waals surface area (Å²) in [4.78, 5) is 12.4. The van der Waals surface area contributed by atoms with Crippen LogP contribution in [-0.4, -0.2) is 32.1 Å². The molecule has 0 unspecified atom stereocenters. The highest BCUT2D eigenvalue weighted by atomic mass is 79.9. The summed E-state index contributed by atoms with van der Waals surface area (Å²) in [7, 11) is 0. The minimum atomic E-state index is -0.322. The van der Waals surface area contributed by atoms with E-state index in [-0.39, 0.29) is 17.5 Å². The Morgan fingerprint density at radius 3 is 2.42 bits per heavy atom. The maximum absolute atomic E-state index is 13.1. The second-order valence-electron chi connectivity index (χ2n) is 7.01. The van der Waals surface area contributed by atoms with Gasteiger partial charge in [-0.3, -0.25) is 9.36 Å². The Hall–Kier alpha value is -3.30. The summed E-state index contributed by atoms with van der Waals surface area (Å²) in [6.45, 7) is 1.75. The number of carbonyl (C=O) groups excluding carboxylic acids is 1. The monoisotopic (exact) mass is 523 g/mol.